The third-order valence-corrected chi connectivity index (χ3v) is 2.10. The maximum atomic E-state index is 13.7. The minimum absolute atomic E-state index is 0.663. The molecule has 7 heteroatoms. The van der Waals surface area contributed by atoms with E-state index in [4.69, 9.17) is 4.74 Å². The molecule has 19 heavy (non-hydrogen) atoms. The molecule has 5 nitrogen and oxygen atoms in total. The molecule has 0 saturated carbocycles. The number of carbonyl (C=O) groups is 1. The first-order valence-corrected chi connectivity index (χ1v) is 5.45. The summed E-state index contributed by atoms with van der Waals surface area (Å²) in [4.78, 5) is 21.0. The highest BCUT2D eigenvalue weighted by molar-refractivity contribution is 5.73. The van der Waals surface area contributed by atoms with Crippen LogP contribution in [-0.2, 0) is 16.0 Å². The Labute approximate surface area is 108 Å². The van der Waals surface area contributed by atoms with Crippen LogP contribution < -0.4 is 0 Å². The van der Waals surface area contributed by atoms with E-state index in [0.717, 1.165) is 6.07 Å². The molecular formula is C12H13F2NO4. The Bertz CT molecular complexity index is 523. The normalized spacial score (nSPS) is 11.2. The van der Waals surface area contributed by atoms with Crippen molar-refractivity contribution in [3.8, 4) is 0 Å². The van der Waals surface area contributed by atoms with Crippen LogP contribution in [0.15, 0.2) is 12.1 Å². The molecule has 0 heterocycles. The summed E-state index contributed by atoms with van der Waals surface area (Å²) in [5.74, 6) is -3.23. The van der Waals surface area contributed by atoms with Crippen molar-refractivity contribution in [2.24, 2.45) is 0 Å². The molecule has 0 N–H and O–H groups in total. The lowest BCUT2D eigenvalue weighted by molar-refractivity contribution is -0.387. The molecule has 0 aliphatic rings. The number of hydrogen-bond acceptors (Lipinski definition) is 4. The van der Waals surface area contributed by atoms with Crippen LogP contribution in [0.3, 0.4) is 0 Å². The van der Waals surface area contributed by atoms with E-state index in [0.29, 0.717) is 6.07 Å². The monoisotopic (exact) mass is 273 g/mol. The van der Waals surface area contributed by atoms with Crippen molar-refractivity contribution < 1.29 is 23.2 Å². The second-order valence-electron chi connectivity index (χ2n) is 4.88. The number of halogens is 2. The summed E-state index contributed by atoms with van der Waals surface area (Å²) < 4.78 is 32.0. The minimum Gasteiger partial charge on any atom is -0.460 e. The molecule has 1 rings (SSSR count). The predicted molar refractivity (Wildman–Crippen MR) is 62.6 cm³/mol. The first-order valence-electron chi connectivity index (χ1n) is 5.45. The first kappa shape index (κ1) is 15.0. The fourth-order valence-electron chi connectivity index (χ4n) is 1.41. The van der Waals surface area contributed by atoms with Crippen LogP contribution in [0.25, 0.3) is 0 Å². The van der Waals surface area contributed by atoms with Gasteiger partial charge in [-0.1, -0.05) is 0 Å². The summed E-state index contributed by atoms with van der Waals surface area (Å²) >= 11 is 0. The van der Waals surface area contributed by atoms with E-state index in [1.54, 1.807) is 20.8 Å². The second kappa shape index (κ2) is 5.29. The van der Waals surface area contributed by atoms with Crippen molar-refractivity contribution in [3.05, 3.63) is 39.4 Å². The summed E-state index contributed by atoms with van der Waals surface area (Å²) in [6.45, 7) is 4.81. The summed E-state index contributed by atoms with van der Waals surface area (Å²) in [5.41, 5.74) is -2.34. The van der Waals surface area contributed by atoms with Crippen molar-refractivity contribution in [1.82, 2.24) is 0 Å². The van der Waals surface area contributed by atoms with Gasteiger partial charge in [0.25, 0.3) is 0 Å². The van der Waals surface area contributed by atoms with Crippen LogP contribution in [-0.4, -0.2) is 16.5 Å². The summed E-state index contributed by atoms with van der Waals surface area (Å²) in [7, 11) is 0. The van der Waals surface area contributed by atoms with Crippen molar-refractivity contribution in [2.75, 3.05) is 0 Å². The number of rotatable bonds is 3. The third kappa shape index (κ3) is 3.97. The number of nitro groups is 1. The molecule has 0 bridgehead atoms. The van der Waals surface area contributed by atoms with Crippen LogP contribution in [0.1, 0.15) is 26.3 Å². The van der Waals surface area contributed by atoms with Crippen molar-refractivity contribution >= 4 is 11.7 Å². The van der Waals surface area contributed by atoms with E-state index in [1.807, 2.05) is 0 Å². The molecule has 0 aromatic heterocycles. The molecule has 0 spiro atoms. The molecule has 0 atom stereocenters. The zero-order valence-electron chi connectivity index (χ0n) is 10.7. The van der Waals surface area contributed by atoms with Gasteiger partial charge in [-0.3, -0.25) is 14.9 Å². The molecule has 0 radical (unpaired) electrons. The molecule has 0 fully saturated rings. The number of benzene rings is 1. The number of hydrogen-bond donors (Lipinski definition) is 0. The Hall–Kier alpha value is -2.05. The predicted octanol–water partition coefficient (Wildman–Crippen LogP) is 2.76. The van der Waals surface area contributed by atoms with Crippen molar-refractivity contribution in [2.45, 2.75) is 32.8 Å². The maximum Gasteiger partial charge on any atom is 0.311 e. The lowest BCUT2D eigenvalue weighted by Crippen LogP contribution is -2.25. The summed E-state index contributed by atoms with van der Waals surface area (Å²) in [6.07, 6.45) is -0.698. The topological polar surface area (TPSA) is 69.4 Å². The van der Waals surface area contributed by atoms with Gasteiger partial charge in [-0.15, -0.1) is 0 Å². The lowest BCUT2D eigenvalue weighted by atomic mass is 10.1. The molecule has 0 aliphatic carbocycles. The molecule has 0 saturated heterocycles. The van der Waals surface area contributed by atoms with Crippen LogP contribution in [0.4, 0.5) is 14.5 Å². The van der Waals surface area contributed by atoms with Gasteiger partial charge >= 0.3 is 11.7 Å². The lowest BCUT2D eigenvalue weighted by Gasteiger charge is -2.19. The SMILES string of the molecule is CC(C)(C)OC(=O)Cc1c(F)ccc([N+](=O)[O-])c1F. The van der Waals surface area contributed by atoms with E-state index in [1.165, 1.54) is 0 Å². The van der Waals surface area contributed by atoms with Crippen LogP contribution in [0.2, 0.25) is 0 Å². The Morgan fingerprint density at radius 1 is 1.37 bits per heavy atom. The molecule has 0 amide bonds. The van der Waals surface area contributed by atoms with Gasteiger partial charge in [-0.2, -0.15) is 4.39 Å². The fraction of sp³-hybridized carbons (Fsp3) is 0.417. The van der Waals surface area contributed by atoms with E-state index in [9.17, 15) is 23.7 Å². The fourth-order valence-corrected chi connectivity index (χ4v) is 1.41. The molecule has 0 aliphatic heterocycles. The number of esters is 1. The van der Waals surface area contributed by atoms with E-state index in [-0.39, 0.29) is 0 Å². The Balaban J connectivity index is 3.04. The standard InChI is InChI=1S/C12H13F2NO4/c1-12(2,3)19-10(16)6-7-8(13)4-5-9(11(7)14)15(17)18/h4-5H,6H2,1-3H3. The van der Waals surface area contributed by atoms with Gasteiger partial charge in [0.05, 0.1) is 11.3 Å². The summed E-state index contributed by atoms with van der Waals surface area (Å²) in [5, 5.41) is 10.5. The Morgan fingerprint density at radius 3 is 2.42 bits per heavy atom. The van der Waals surface area contributed by atoms with Crippen LogP contribution in [0, 0.1) is 21.7 Å². The quantitative estimate of drug-likeness (QED) is 0.482. The molecule has 1 aromatic rings. The van der Waals surface area contributed by atoms with Gasteiger partial charge in [0.15, 0.2) is 0 Å². The minimum atomic E-state index is -1.35. The van der Waals surface area contributed by atoms with Gasteiger partial charge in [-0.05, 0) is 26.8 Å². The molecule has 1 aromatic carbocycles. The summed E-state index contributed by atoms with van der Waals surface area (Å²) in [6, 6.07) is 1.46. The Kier molecular flexibility index (Phi) is 4.18. The van der Waals surface area contributed by atoms with Gasteiger partial charge in [-0.25, -0.2) is 4.39 Å². The number of carbonyl (C=O) groups excluding carboxylic acids is 1. The van der Waals surface area contributed by atoms with Crippen molar-refractivity contribution in [1.29, 1.82) is 0 Å². The molecular weight excluding hydrogens is 260 g/mol. The molecule has 0 unspecified atom stereocenters. The largest absolute Gasteiger partial charge is 0.460 e. The second-order valence-corrected chi connectivity index (χ2v) is 4.88. The highest BCUT2D eigenvalue weighted by Crippen LogP contribution is 2.24. The van der Waals surface area contributed by atoms with Gasteiger partial charge in [0, 0.05) is 11.6 Å². The van der Waals surface area contributed by atoms with Gasteiger partial charge in [0.2, 0.25) is 5.82 Å². The van der Waals surface area contributed by atoms with Gasteiger partial charge < -0.3 is 4.74 Å². The third-order valence-electron chi connectivity index (χ3n) is 2.10. The average molecular weight is 273 g/mol. The molecule has 104 valence electrons. The average Bonchev–Trinajstić information content (AvgIpc) is 2.21. The van der Waals surface area contributed by atoms with E-state index >= 15 is 0 Å². The number of ether oxygens (including phenoxy) is 1. The van der Waals surface area contributed by atoms with Crippen molar-refractivity contribution in [3.63, 3.8) is 0 Å². The Morgan fingerprint density at radius 2 is 1.95 bits per heavy atom. The van der Waals surface area contributed by atoms with E-state index < -0.39 is 45.8 Å². The maximum absolute atomic E-state index is 13.7. The van der Waals surface area contributed by atoms with E-state index in [2.05, 4.69) is 0 Å². The number of nitro benzene ring substituents is 1. The van der Waals surface area contributed by atoms with Crippen LogP contribution in [0.5, 0.6) is 0 Å². The first-order chi connectivity index (χ1) is 8.61. The zero-order chi connectivity index (χ0) is 14.8. The highest BCUT2D eigenvalue weighted by Gasteiger charge is 2.25. The van der Waals surface area contributed by atoms with Crippen LogP contribution >= 0.6 is 0 Å². The van der Waals surface area contributed by atoms with Gasteiger partial charge in [0.1, 0.15) is 11.4 Å². The zero-order valence-corrected chi connectivity index (χ0v) is 10.7. The smallest absolute Gasteiger partial charge is 0.311 e. The number of nitrogens with zero attached hydrogens (tertiary/aromatic N) is 1. The highest BCUT2D eigenvalue weighted by atomic mass is 19.1.